The molecule has 2 aliphatic rings. The summed E-state index contributed by atoms with van der Waals surface area (Å²) >= 11 is 1.43. The number of nitrogens with zero attached hydrogens (tertiary/aromatic N) is 4. The number of aliphatic imine (C=N–C) groups is 1. The number of para-hydroxylation sites is 1. The molecular formula is C32H29FN4O2S. The van der Waals surface area contributed by atoms with Gasteiger partial charge in [0.25, 0.3) is 5.91 Å². The molecule has 40 heavy (non-hydrogen) atoms. The molecule has 1 amide bonds. The zero-order valence-electron chi connectivity index (χ0n) is 22.2. The molecule has 4 aromatic rings. The summed E-state index contributed by atoms with van der Waals surface area (Å²) < 4.78 is 21.8. The third kappa shape index (κ3) is 5.72. The first-order valence-electron chi connectivity index (χ1n) is 13.4. The Morgan fingerprint density at radius 3 is 2.60 bits per heavy atom. The zero-order valence-corrected chi connectivity index (χ0v) is 23.0. The van der Waals surface area contributed by atoms with E-state index in [4.69, 9.17) is 9.84 Å². The normalized spacial score (nSPS) is 16.9. The monoisotopic (exact) mass is 552 g/mol. The smallest absolute Gasteiger partial charge is 0.286 e. The van der Waals surface area contributed by atoms with E-state index in [1.807, 2.05) is 71.6 Å². The highest BCUT2D eigenvalue weighted by atomic mass is 32.2. The van der Waals surface area contributed by atoms with Crippen LogP contribution in [0.2, 0.25) is 0 Å². The summed E-state index contributed by atoms with van der Waals surface area (Å²) in [5, 5.41) is 5.68. The van der Waals surface area contributed by atoms with E-state index in [1.54, 1.807) is 18.2 Å². The van der Waals surface area contributed by atoms with Gasteiger partial charge in [-0.25, -0.2) is 9.07 Å². The predicted molar refractivity (Wildman–Crippen MR) is 158 cm³/mol. The van der Waals surface area contributed by atoms with Crippen molar-refractivity contribution in [1.29, 1.82) is 0 Å². The van der Waals surface area contributed by atoms with Crippen LogP contribution in [0.25, 0.3) is 23.0 Å². The second-order valence-electron chi connectivity index (χ2n) is 10.1. The largest absolute Gasteiger partial charge is 0.489 e. The average Bonchev–Trinajstić information content (AvgIpc) is 3.57. The molecule has 0 saturated carbocycles. The van der Waals surface area contributed by atoms with Gasteiger partial charge in [0.1, 0.15) is 23.9 Å². The minimum atomic E-state index is -0.298. The lowest BCUT2D eigenvalue weighted by molar-refractivity contribution is -0.113. The van der Waals surface area contributed by atoms with E-state index in [2.05, 4.69) is 16.8 Å². The Morgan fingerprint density at radius 2 is 1.80 bits per heavy atom. The number of benzene rings is 3. The second kappa shape index (κ2) is 11.5. The molecular weight excluding hydrogens is 523 g/mol. The molecule has 0 aliphatic carbocycles. The molecule has 6 nitrogen and oxygen atoms in total. The molecule has 0 spiro atoms. The number of aromatic nitrogens is 2. The van der Waals surface area contributed by atoms with Gasteiger partial charge in [0.05, 0.1) is 10.6 Å². The van der Waals surface area contributed by atoms with Crippen LogP contribution < -0.4 is 4.74 Å². The first-order valence-corrected chi connectivity index (χ1v) is 14.2. The highest BCUT2D eigenvalue weighted by Crippen LogP contribution is 2.35. The summed E-state index contributed by atoms with van der Waals surface area (Å²) in [6, 6.07) is 24.0. The fraction of sp³-hybridized carbons (Fsp3) is 0.219. The van der Waals surface area contributed by atoms with Crippen LogP contribution in [0.15, 0.2) is 95.0 Å². The Bertz CT molecular complexity index is 1590. The first-order chi connectivity index (χ1) is 19.5. The van der Waals surface area contributed by atoms with Crippen molar-refractivity contribution in [2.45, 2.75) is 26.4 Å². The standard InChI is InChI=1S/C32H29FN4O2S/c1-22-14-16-36(17-15-22)32-34-31(38)29(40-32)19-25-20-37(26-10-3-2-4-11-26)35-30(25)23-9-7-12-27(18-23)39-21-24-8-5-6-13-28(24)33/h2-13,18-20,22H,14-17,21H2,1H3. The molecule has 0 N–H and O–H groups in total. The molecule has 2 aliphatic heterocycles. The van der Waals surface area contributed by atoms with Gasteiger partial charge in [0.2, 0.25) is 0 Å². The van der Waals surface area contributed by atoms with Gasteiger partial charge >= 0.3 is 0 Å². The number of carbonyl (C=O) groups is 1. The van der Waals surface area contributed by atoms with Crippen molar-refractivity contribution in [2.24, 2.45) is 10.9 Å². The van der Waals surface area contributed by atoms with Crippen molar-refractivity contribution < 1.29 is 13.9 Å². The number of amides is 1. The van der Waals surface area contributed by atoms with Crippen molar-refractivity contribution in [2.75, 3.05) is 13.1 Å². The number of carbonyl (C=O) groups excluding carboxylic acids is 1. The molecule has 0 radical (unpaired) electrons. The fourth-order valence-corrected chi connectivity index (χ4v) is 5.77. The third-order valence-electron chi connectivity index (χ3n) is 7.17. The van der Waals surface area contributed by atoms with Gasteiger partial charge in [0, 0.05) is 36.0 Å². The molecule has 0 atom stereocenters. The molecule has 1 aromatic heterocycles. The Labute approximate surface area is 237 Å². The molecule has 3 heterocycles. The Morgan fingerprint density at radius 1 is 1.02 bits per heavy atom. The Balaban J connectivity index is 1.30. The maximum absolute atomic E-state index is 14.1. The van der Waals surface area contributed by atoms with E-state index in [0.29, 0.717) is 27.8 Å². The number of hydrogen-bond donors (Lipinski definition) is 0. The molecule has 1 fully saturated rings. The van der Waals surface area contributed by atoms with Crippen molar-refractivity contribution in [1.82, 2.24) is 14.7 Å². The van der Waals surface area contributed by atoms with Crippen LogP contribution in [0.3, 0.4) is 0 Å². The molecule has 3 aromatic carbocycles. The summed E-state index contributed by atoms with van der Waals surface area (Å²) in [5.74, 6) is 0.782. The van der Waals surface area contributed by atoms with E-state index in [-0.39, 0.29) is 18.3 Å². The first kappa shape index (κ1) is 26.1. The molecule has 202 valence electrons. The predicted octanol–water partition coefficient (Wildman–Crippen LogP) is 6.96. The van der Waals surface area contributed by atoms with Crippen LogP contribution in [0.1, 0.15) is 30.9 Å². The van der Waals surface area contributed by atoms with Crippen LogP contribution in [-0.4, -0.2) is 38.8 Å². The van der Waals surface area contributed by atoms with Crippen LogP contribution in [-0.2, 0) is 11.4 Å². The maximum atomic E-state index is 14.1. The Hall–Kier alpha value is -4.17. The van der Waals surface area contributed by atoms with Gasteiger partial charge in [-0.1, -0.05) is 55.5 Å². The topological polar surface area (TPSA) is 59.7 Å². The number of amidine groups is 1. The number of likely N-dealkylation sites (tertiary alicyclic amines) is 1. The molecule has 8 heteroatoms. The number of thioether (sulfide) groups is 1. The summed E-state index contributed by atoms with van der Waals surface area (Å²) in [4.78, 5) is 20.1. The van der Waals surface area contributed by atoms with Gasteiger partial charge < -0.3 is 9.64 Å². The van der Waals surface area contributed by atoms with E-state index >= 15 is 0 Å². The van der Waals surface area contributed by atoms with Gasteiger partial charge in [-0.15, -0.1) is 0 Å². The van der Waals surface area contributed by atoms with Crippen molar-refractivity contribution in [3.05, 3.63) is 107 Å². The number of halogens is 1. The molecule has 0 bridgehead atoms. The SMILES string of the molecule is CC1CCN(C2=NC(=O)C(=Cc3cn(-c4ccccc4)nc3-c3cccc(OCc4ccccc4F)c3)S2)CC1. The van der Waals surface area contributed by atoms with Crippen molar-refractivity contribution >= 4 is 28.9 Å². The average molecular weight is 553 g/mol. The summed E-state index contributed by atoms with van der Waals surface area (Å²) in [6.45, 7) is 4.23. The third-order valence-corrected chi connectivity index (χ3v) is 8.22. The van der Waals surface area contributed by atoms with Crippen LogP contribution in [0.4, 0.5) is 4.39 Å². The van der Waals surface area contributed by atoms with Crippen LogP contribution >= 0.6 is 11.8 Å². The van der Waals surface area contributed by atoms with Crippen molar-refractivity contribution in [3.8, 4) is 22.7 Å². The lowest BCUT2D eigenvalue weighted by Gasteiger charge is -2.30. The van der Waals surface area contributed by atoms with Gasteiger partial charge in [-0.3, -0.25) is 4.79 Å². The summed E-state index contributed by atoms with van der Waals surface area (Å²) in [7, 11) is 0. The Kier molecular flexibility index (Phi) is 7.51. The van der Waals surface area contributed by atoms with E-state index in [9.17, 15) is 9.18 Å². The van der Waals surface area contributed by atoms with E-state index in [0.717, 1.165) is 47.9 Å². The van der Waals surface area contributed by atoms with Crippen LogP contribution in [0, 0.1) is 11.7 Å². The van der Waals surface area contributed by atoms with Crippen molar-refractivity contribution in [3.63, 3.8) is 0 Å². The minimum Gasteiger partial charge on any atom is -0.489 e. The molecule has 0 unspecified atom stereocenters. The van der Waals surface area contributed by atoms with E-state index < -0.39 is 0 Å². The lowest BCUT2D eigenvalue weighted by Crippen LogP contribution is -2.35. The van der Waals surface area contributed by atoms with Crippen LogP contribution in [0.5, 0.6) is 5.75 Å². The molecule has 1 saturated heterocycles. The summed E-state index contributed by atoms with van der Waals surface area (Å²) in [6.07, 6.45) is 6.02. The zero-order chi connectivity index (χ0) is 27.5. The number of hydrogen-bond acceptors (Lipinski definition) is 5. The lowest BCUT2D eigenvalue weighted by atomic mass is 10.00. The van der Waals surface area contributed by atoms with E-state index in [1.165, 1.54) is 17.8 Å². The van der Waals surface area contributed by atoms with Gasteiger partial charge in [0.15, 0.2) is 5.17 Å². The minimum absolute atomic E-state index is 0.117. The summed E-state index contributed by atoms with van der Waals surface area (Å²) in [5.41, 5.74) is 3.73. The van der Waals surface area contributed by atoms with Gasteiger partial charge in [-0.05, 0) is 66.9 Å². The van der Waals surface area contributed by atoms with Gasteiger partial charge in [-0.2, -0.15) is 10.1 Å². The number of ether oxygens (including phenoxy) is 1. The highest BCUT2D eigenvalue weighted by molar-refractivity contribution is 8.18. The number of piperidine rings is 1. The fourth-order valence-electron chi connectivity index (χ4n) is 4.81. The quantitative estimate of drug-likeness (QED) is 0.242. The second-order valence-corrected chi connectivity index (χ2v) is 11.1. The maximum Gasteiger partial charge on any atom is 0.286 e. The highest BCUT2D eigenvalue weighted by Gasteiger charge is 2.29. The number of rotatable bonds is 6. The molecule has 6 rings (SSSR count).